The quantitative estimate of drug-likeness (QED) is 0.624. The van der Waals surface area contributed by atoms with Crippen LogP contribution in [0.25, 0.3) is 0 Å². The number of hydrogen-bond acceptors (Lipinski definition) is 3. The maximum Gasteiger partial charge on any atom is 0.209 e. The minimum atomic E-state index is -3.38. The summed E-state index contributed by atoms with van der Waals surface area (Å²) in [5, 5.41) is 13.5. The number of hydrogen-bond donors (Lipinski definition) is 2. The first-order chi connectivity index (χ1) is 4.77. The van der Waals surface area contributed by atoms with Gasteiger partial charge in [-0.15, -0.1) is 0 Å². The van der Waals surface area contributed by atoms with Crippen LogP contribution in [-0.2, 0) is 10.0 Å². The predicted molar refractivity (Wildman–Crippen MR) is 43.5 cm³/mol. The molecule has 68 valence electrons. The lowest BCUT2D eigenvalue weighted by molar-refractivity contribution is 0.156. The average Bonchev–Trinajstić information content (AvgIpc) is 1.83. The van der Waals surface area contributed by atoms with Crippen LogP contribution in [-0.4, -0.2) is 25.9 Å². The number of rotatable bonds is 4. The molecule has 0 unspecified atom stereocenters. The molecule has 0 aliphatic rings. The van der Waals surface area contributed by atoms with Crippen LogP contribution in [0.2, 0.25) is 0 Å². The Bertz CT molecular complexity index is 208. The average molecular weight is 181 g/mol. The Morgan fingerprint density at radius 2 is 1.91 bits per heavy atom. The fourth-order valence-electron chi connectivity index (χ4n) is 0.498. The minimum Gasteiger partial charge on any atom is -0.396 e. The topological polar surface area (TPSA) is 80.4 Å². The van der Waals surface area contributed by atoms with Crippen LogP contribution in [0.4, 0.5) is 0 Å². The van der Waals surface area contributed by atoms with E-state index in [2.05, 4.69) is 0 Å². The Balaban J connectivity index is 3.90. The fraction of sp³-hybridized carbons (Fsp3) is 1.00. The molecule has 0 saturated carbocycles. The number of primary sulfonamides is 1. The zero-order valence-corrected chi connectivity index (χ0v) is 7.69. The molecule has 0 amide bonds. The van der Waals surface area contributed by atoms with Gasteiger partial charge in [-0.1, -0.05) is 13.8 Å². The van der Waals surface area contributed by atoms with Gasteiger partial charge in [0.05, 0.1) is 5.75 Å². The van der Waals surface area contributed by atoms with E-state index in [9.17, 15) is 8.42 Å². The lowest BCUT2D eigenvalue weighted by Crippen LogP contribution is -2.24. The van der Waals surface area contributed by atoms with E-state index in [1.165, 1.54) is 0 Å². The van der Waals surface area contributed by atoms with Crippen LogP contribution in [0.15, 0.2) is 0 Å². The second kappa shape index (κ2) is 3.51. The van der Waals surface area contributed by atoms with Crippen molar-refractivity contribution in [1.29, 1.82) is 0 Å². The van der Waals surface area contributed by atoms with Crippen LogP contribution >= 0.6 is 0 Å². The van der Waals surface area contributed by atoms with Gasteiger partial charge in [0.15, 0.2) is 0 Å². The normalized spacial score (nSPS) is 13.5. The first kappa shape index (κ1) is 10.9. The lowest BCUT2D eigenvalue weighted by Gasteiger charge is -2.20. The fourth-order valence-corrected chi connectivity index (χ4v) is 1.33. The highest BCUT2D eigenvalue weighted by Crippen LogP contribution is 2.18. The Morgan fingerprint density at radius 1 is 1.45 bits per heavy atom. The van der Waals surface area contributed by atoms with Gasteiger partial charge in [0, 0.05) is 6.61 Å². The third-order valence-corrected chi connectivity index (χ3v) is 2.26. The molecule has 0 aliphatic heterocycles. The van der Waals surface area contributed by atoms with E-state index < -0.39 is 10.0 Å². The van der Waals surface area contributed by atoms with Gasteiger partial charge in [-0.05, 0) is 11.8 Å². The molecule has 0 atom stereocenters. The maximum absolute atomic E-state index is 10.5. The molecule has 0 heterocycles. The van der Waals surface area contributed by atoms with E-state index in [4.69, 9.17) is 10.2 Å². The van der Waals surface area contributed by atoms with Crippen LogP contribution in [0.5, 0.6) is 0 Å². The number of nitrogens with two attached hydrogens (primary N) is 1. The van der Waals surface area contributed by atoms with Gasteiger partial charge < -0.3 is 5.11 Å². The van der Waals surface area contributed by atoms with Gasteiger partial charge in [-0.3, -0.25) is 0 Å². The van der Waals surface area contributed by atoms with Crippen molar-refractivity contribution in [3.8, 4) is 0 Å². The van der Waals surface area contributed by atoms with Gasteiger partial charge in [0.2, 0.25) is 10.0 Å². The number of aliphatic hydroxyl groups is 1. The summed E-state index contributed by atoms with van der Waals surface area (Å²) in [7, 11) is -3.38. The molecular formula is C6H15NO3S. The van der Waals surface area contributed by atoms with E-state index >= 15 is 0 Å². The molecule has 0 radical (unpaired) electrons. The third kappa shape index (κ3) is 6.28. The summed E-state index contributed by atoms with van der Waals surface area (Å²) in [5.41, 5.74) is -0.355. The Morgan fingerprint density at radius 3 is 2.18 bits per heavy atom. The summed E-state index contributed by atoms with van der Waals surface area (Å²) in [4.78, 5) is 0. The van der Waals surface area contributed by atoms with E-state index in [1.54, 1.807) is 13.8 Å². The van der Waals surface area contributed by atoms with E-state index in [-0.39, 0.29) is 17.8 Å². The molecule has 0 aromatic rings. The highest BCUT2D eigenvalue weighted by molar-refractivity contribution is 7.89. The third-order valence-electron chi connectivity index (χ3n) is 1.49. The first-order valence-corrected chi connectivity index (χ1v) is 5.10. The van der Waals surface area contributed by atoms with Crippen molar-refractivity contribution in [2.45, 2.75) is 20.3 Å². The summed E-state index contributed by atoms with van der Waals surface area (Å²) in [6, 6.07) is 0. The van der Waals surface area contributed by atoms with Gasteiger partial charge in [-0.2, -0.15) is 0 Å². The summed E-state index contributed by atoms with van der Waals surface area (Å²) in [5.74, 6) is -0.0689. The van der Waals surface area contributed by atoms with Gasteiger partial charge in [0.1, 0.15) is 0 Å². The van der Waals surface area contributed by atoms with Crippen molar-refractivity contribution in [3.05, 3.63) is 0 Å². The van der Waals surface area contributed by atoms with Crippen LogP contribution in [0, 0.1) is 5.41 Å². The smallest absolute Gasteiger partial charge is 0.209 e. The van der Waals surface area contributed by atoms with Crippen LogP contribution < -0.4 is 5.14 Å². The summed E-state index contributed by atoms with van der Waals surface area (Å²) >= 11 is 0. The standard InChI is InChI=1S/C6H15NO3S/c1-6(2,5-8)3-4-11(7,9)10/h8H,3-5H2,1-2H3,(H2,7,9,10). The molecule has 0 rings (SSSR count). The molecule has 0 saturated heterocycles. The lowest BCUT2D eigenvalue weighted by atomic mass is 9.92. The van der Waals surface area contributed by atoms with Crippen molar-refractivity contribution < 1.29 is 13.5 Å². The van der Waals surface area contributed by atoms with Crippen molar-refractivity contribution in [2.24, 2.45) is 10.6 Å². The number of sulfonamides is 1. The molecule has 0 aromatic carbocycles. The first-order valence-electron chi connectivity index (χ1n) is 3.38. The van der Waals surface area contributed by atoms with Gasteiger partial charge in [0.25, 0.3) is 0 Å². The summed E-state index contributed by atoms with van der Waals surface area (Å²) < 4.78 is 21.0. The summed E-state index contributed by atoms with van der Waals surface area (Å²) in [6.45, 7) is 3.55. The molecule has 4 nitrogen and oxygen atoms in total. The van der Waals surface area contributed by atoms with Gasteiger partial charge >= 0.3 is 0 Å². The molecule has 5 heteroatoms. The molecule has 0 fully saturated rings. The van der Waals surface area contributed by atoms with E-state index in [0.29, 0.717) is 6.42 Å². The van der Waals surface area contributed by atoms with Crippen LogP contribution in [0.3, 0.4) is 0 Å². The minimum absolute atomic E-state index is 0.0253. The second-order valence-electron chi connectivity index (χ2n) is 3.44. The molecule has 0 aromatic heterocycles. The van der Waals surface area contributed by atoms with E-state index in [0.717, 1.165) is 0 Å². The molecule has 0 aliphatic carbocycles. The van der Waals surface area contributed by atoms with Gasteiger partial charge in [-0.25, -0.2) is 13.6 Å². The molecule has 3 N–H and O–H groups in total. The van der Waals surface area contributed by atoms with Crippen molar-refractivity contribution in [1.82, 2.24) is 0 Å². The zero-order chi connectivity index (χ0) is 9.12. The maximum atomic E-state index is 10.5. The molecule has 0 bridgehead atoms. The summed E-state index contributed by atoms with van der Waals surface area (Å²) in [6.07, 6.45) is 0.391. The monoisotopic (exact) mass is 181 g/mol. The van der Waals surface area contributed by atoms with Crippen molar-refractivity contribution in [2.75, 3.05) is 12.4 Å². The molecular weight excluding hydrogens is 166 g/mol. The Labute approximate surface area is 67.5 Å². The van der Waals surface area contributed by atoms with Crippen molar-refractivity contribution in [3.63, 3.8) is 0 Å². The highest BCUT2D eigenvalue weighted by atomic mass is 32.2. The second-order valence-corrected chi connectivity index (χ2v) is 5.17. The highest BCUT2D eigenvalue weighted by Gasteiger charge is 2.18. The Kier molecular flexibility index (Phi) is 3.47. The van der Waals surface area contributed by atoms with Crippen molar-refractivity contribution >= 4 is 10.0 Å². The molecule has 11 heavy (non-hydrogen) atoms. The largest absolute Gasteiger partial charge is 0.396 e. The molecule has 0 spiro atoms. The predicted octanol–water partition coefficient (Wildman–Crippen LogP) is -0.316. The van der Waals surface area contributed by atoms with Crippen LogP contribution in [0.1, 0.15) is 20.3 Å². The van der Waals surface area contributed by atoms with E-state index in [1.807, 2.05) is 0 Å². The SMILES string of the molecule is CC(C)(CO)CCS(N)(=O)=O. The Hall–Kier alpha value is -0.130. The number of aliphatic hydroxyl groups excluding tert-OH is 1. The zero-order valence-electron chi connectivity index (χ0n) is 6.87.